The van der Waals surface area contributed by atoms with Crippen LogP contribution < -0.4 is 11.1 Å². The number of carbonyl (C=O) groups excluding carboxylic acids is 1. The average Bonchev–Trinajstić information content (AvgIpc) is 2.36. The van der Waals surface area contributed by atoms with E-state index in [1.54, 1.807) is 0 Å². The van der Waals surface area contributed by atoms with Crippen LogP contribution in [0.5, 0.6) is 0 Å². The van der Waals surface area contributed by atoms with Crippen molar-refractivity contribution < 1.29 is 9.53 Å². The Labute approximate surface area is 117 Å². The summed E-state index contributed by atoms with van der Waals surface area (Å²) < 4.78 is 5.87. The van der Waals surface area contributed by atoms with Crippen LogP contribution >= 0.6 is 0 Å². The largest absolute Gasteiger partial charge is 0.364 e. The fourth-order valence-electron chi connectivity index (χ4n) is 2.38. The zero-order valence-electron chi connectivity index (χ0n) is 12.9. The Kier molecular flexibility index (Phi) is 5.81. The molecule has 1 amide bonds. The summed E-state index contributed by atoms with van der Waals surface area (Å²) in [7, 11) is 0. The van der Waals surface area contributed by atoms with Gasteiger partial charge in [0, 0.05) is 13.1 Å². The van der Waals surface area contributed by atoms with Crippen molar-refractivity contribution in [3.8, 4) is 0 Å². The third kappa shape index (κ3) is 5.49. The van der Waals surface area contributed by atoms with E-state index < -0.39 is 0 Å². The van der Waals surface area contributed by atoms with Gasteiger partial charge >= 0.3 is 0 Å². The van der Waals surface area contributed by atoms with E-state index >= 15 is 0 Å². The predicted molar refractivity (Wildman–Crippen MR) is 77.8 cm³/mol. The molecule has 3 N–H and O–H groups in total. The van der Waals surface area contributed by atoms with Crippen LogP contribution in [0.25, 0.3) is 0 Å². The molecule has 4 nitrogen and oxygen atoms in total. The molecule has 1 aliphatic rings. The van der Waals surface area contributed by atoms with E-state index in [1.807, 2.05) is 0 Å². The van der Waals surface area contributed by atoms with Crippen LogP contribution in [0.1, 0.15) is 53.4 Å². The fraction of sp³-hybridized carbons (Fsp3) is 0.933. The van der Waals surface area contributed by atoms with Crippen LogP contribution in [0.15, 0.2) is 0 Å². The summed E-state index contributed by atoms with van der Waals surface area (Å²) in [5.74, 6) is 0.425. The molecule has 0 saturated heterocycles. The molecule has 1 saturated carbocycles. The summed E-state index contributed by atoms with van der Waals surface area (Å²) >= 11 is 0. The standard InChI is InChI=1S/C15H30N2O2/c1-12(2)9-17-13(18)10-19-15(11-16)7-5-14(3,4)6-8-15/h12H,5-11,16H2,1-4H3,(H,17,18). The van der Waals surface area contributed by atoms with Crippen LogP contribution in [0.4, 0.5) is 0 Å². The quantitative estimate of drug-likeness (QED) is 0.776. The van der Waals surface area contributed by atoms with Crippen LogP contribution in [-0.4, -0.2) is 31.2 Å². The zero-order valence-corrected chi connectivity index (χ0v) is 12.9. The molecule has 0 bridgehead atoms. The minimum Gasteiger partial charge on any atom is -0.364 e. The molecular formula is C15H30N2O2. The smallest absolute Gasteiger partial charge is 0.246 e. The van der Waals surface area contributed by atoms with E-state index in [-0.39, 0.29) is 18.1 Å². The Morgan fingerprint density at radius 3 is 2.32 bits per heavy atom. The Hall–Kier alpha value is -0.610. The fourth-order valence-corrected chi connectivity index (χ4v) is 2.38. The Morgan fingerprint density at radius 2 is 1.84 bits per heavy atom. The van der Waals surface area contributed by atoms with Crippen molar-refractivity contribution in [2.24, 2.45) is 17.1 Å². The third-order valence-electron chi connectivity index (χ3n) is 4.10. The van der Waals surface area contributed by atoms with Gasteiger partial charge in [0.1, 0.15) is 6.61 Å². The van der Waals surface area contributed by atoms with E-state index in [2.05, 4.69) is 33.0 Å². The van der Waals surface area contributed by atoms with Crippen molar-refractivity contribution in [3.05, 3.63) is 0 Å². The second-order valence-corrected chi connectivity index (χ2v) is 7.04. The van der Waals surface area contributed by atoms with Crippen molar-refractivity contribution >= 4 is 5.91 Å². The molecule has 0 aliphatic heterocycles. The van der Waals surface area contributed by atoms with Crippen molar-refractivity contribution in [2.75, 3.05) is 19.7 Å². The van der Waals surface area contributed by atoms with Crippen molar-refractivity contribution in [2.45, 2.75) is 59.0 Å². The highest BCUT2D eigenvalue weighted by Gasteiger charge is 2.38. The summed E-state index contributed by atoms with van der Waals surface area (Å²) in [4.78, 5) is 11.7. The Balaban J connectivity index is 2.39. The van der Waals surface area contributed by atoms with Gasteiger partial charge in [-0.3, -0.25) is 4.79 Å². The number of nitrogens with one attached hydrogen (secondary N) is 1. The average molecular weight is 270 g/mol. The number of ether oxygens (including phenoxy) is 1. The number of carbonyl (C=O) groups is 1. The van der Waals surface area contributed by atoms with Crippen LogP contribution in [0.3, 0.4) is 0 Å². The zero-order chi connectivity index (χ0) is 14.5. The van der Waals surface area contributed by atoms with Gasteiger partial charge in [0.2, 0.25) is 5.91 Å². The molecule has 1 aliphatic carbocycles. The van der Waals surface area contributed by atoms with Gasteiger partial charge in [-0.1, -0.05) is 27.7 Å². The van der Waals surface area contributed by atoms with Crippen LogP contribution in [0.2, 0.25) is 0 Å². The van der Waals surface area contributed by atoms with E-state index in [9.17, 15) is 4.79 Å². The van der Waals surface area contributed by atoms with Gasteiger partial charge < -0.3 is 15.8 Å². The van der Waals surface area contributed by atoms with E-state index in [1.165, 1.54) is 0 Å². The lowest BCUT2D eigenvalue weighted by Crippen LogP contribution is -2.47. The molecule has 0 aromatic heterocycles. The number of amides is 1. The van der Waals surface area contributed by atoms with Crippen molar-refractivity contribution in [3.63, 3.8) is 0 Å². The van der Waals surface area contributed by atoms with Crippen molar-refractivity contribution in [1.29, 1.82) is 0 Å². The van der Waals surface area contributed by atoms with E-state index in [0.717, 1.165) is 25.7 Å². The molecule has 1 rings (SSSR count). The van der Waals surface area contributed by atoms with Gasteiger partial charge in [0.15, 0.2) is 0 Å². The van der Waals surface area contributed by atoms with Crippen LogP contribution in [-0.2, 0) is 9.53 Å². The maximum atomic E-state index is 11.7. The number of hydrogen-bond acceptors (Lipinski definition) is 3. The first-order valence-corrected chi connectivity index (χ1v) is 7.39. The number of hydrogen-bond donors (Lipinski definition) is 2. The second-order valence-electron chi connectivity index (χ2n) is 7.04. The molecule has 112 valence electrons. The van der Waals surface area contributed by atoms with Crippen LogP contribution in [0, 0.1) is 11.3 Å². The SMILES string of the molecule is CC(C)CNC(=O)COC1(CN)CCC(C)(C)CC1. The second kappa shape index (κ2) is 6.71. The number of nitrogens with two attached hydrogens (primary N) is 1. The monoisotopic (exact) mass is 270 g/mol. The molecule has 0 aromatic rings. The van der Waals surface area contributed by atoms with Gasteiger partial charge in [-0.2, -0.15) is 0 Å². The molecule has 0 heterocycles. The molecule has 4 heteroatoms. The molecule has 0 unspecified atom stereocenters. The molecule has 0 spiro atoms. The summed E-state index contributed by atoms with van der Waals surface area (Å²) in [6.07, 6.45) is 4.12. The normalized spacial score (nSPS) is 21.4. The summed E-state index contributed by atoms with van der Waals surface area (Å²) in [6.45, 7) is 10.0. The Morgan fingerprint density at radius 1 is 1.26 bits per heavy atom. The molecular weight excluding hydrogens is 240 g/mol. The predicted octanol–water partition coefficient (Wildman–Crippen LogP) is 2.07. The first-order valence-electron chi connectivity index (χ1n) is 7.39. The first kappa shape index (κ1) is 16.4. The lowest BCUT2D eigenvalue weighted by atomic mass is 9.71. The van der Waals surface area contributed by atoms with E-state index in [4.69, 9.17) is 10.5 Å². The van der Waals surface area contributed by atoms with Gasteiger partial charge in [-0.25, -0.2) is 0 Å². The third-order valence-corrected chi connectivity index (χ3v) is 4.10. The highest BCUT2D eigenvalue weighted by atomic mass is 16.5. The molecule has 0 atom stereocenters. The molecule has 19 heavy (non-hydrogen) atoms. The van der Waals surface area contributed by atoms with Crippen molar-refractivity contribution in [1.82, 2.24) is 5.32 Å². The molecule has 0 radical (unpaired) electrons. The minimum absolute atomic E-state index is 0.0358. The summed E-state index contributed by atoms with van der Waals surface area (Å²) in [5, 5.41) is 2.87. The number of rotatable bonds is 6. The highest BCUT2D eigenvalue weighted by molar-refractivity contribution is 5.77. The van der Waals surface area contributed by atoms with Gasteiger partial charge in [-0.15, -0.1) is 0 Å². The topological polar surface area (TPSA) is 64.3 Å². The highest BCUT2D eigenvalue weighted by Crippen LogP contribution is 2.41. The molecule has 1 fully saturated rings. The first-order chi connectivity index (χ1) is 8.79. The minimum atomic E-state index is -0.287. The summed E-state index contributed by atoms with van der Waals surface area (Å²) in [5.41, 5.74) is 5.97. The Bertz CT molecular complexity index is 291. The lowest BCUT2D eigenvalue weighted by molar-refractivity contribution is -0.137. The van der Waals surface area contributed by atoms with Gasteiger partial charge in [-0.05, 0) is 37.0 Å². The van der Waals surface area contributed by atoms with Gasteiger partial charge in [0.05, 0.1) is 5.60 Å². The van der Waals surface area contributed by atoms with Gasteiger partial charge in [0.25, 0.3) is 0 Å². The van der Waals surface area contributed by atoms with E-state index in [0.29, 0.717) is 24.4 Å². The summed E-state index contributed by atoms with van der Waals surface area (Å²) in [6, 6.07) is 0. The molecule has 0 aromatic carbocycles. The lowest BCUT2D eigenvalue weighted by Gasteiger charge is -2.42. The maximum Gasteiger partial charge on any atom is 0.246 e. The maximum absolute atomic E-state index is 11.7.